The SMILES string of the molecule is CO[C@@H]1[C@@H](n2cc(-c3cc(F)c(F)c(F)c3)nn2)[C@@H](O)[C@@H](CO)O[C@H]1C(=O)N(c1cc(Br)cc(C#N)c1)[C@@H]1CN(C=O)C[C@H]1O. The van der Waals surface area contributed by atoms with E-state index in [0.717, 1.165) is 4.68 Å². The van der Waals surface area contributed by atoms with Gasteiger partial charge in [0.15, 0.2) is 23.6 Å². The van der Waals surface area contributed by atoms with Crippen LogP contribution < -0.4 is 4.90 Å². The summed E-state index contributed by atoms with van der Waals surface area (Å²) in [6.07, 6.45) is -5.31. The van der Waals surface area contributed by atoms with E-state index < -0.39 is 72.6 Å². The minimum Gasteiger partial charge on any atom is -0.394 e. The predicted octanol–water partition coefficient (Wildman–Crippen LogP) is 0.908. The molecule has 0 bridgehead atoms. The number of aliphatic hydroxyl groups excluding tert-OH is 3. The second-order valence-electron chi connectivity index (χ2n) is 10.5. The van der Waals surface area contributed by atoms with Crippen LogP contribution in [-0.2, 0) is 19.1 Å². The number of hydrogen-bond acceptors (Lipinski definition) is 10. The van der Waals surface area contributed by atoms with E-state index in [9.17, 15) is 43.3 Å². The first-order valence-corrected chi connectivity index (χ1v) is 14.3. The highest BCUT2D eigenvalue weighted by Gasteiger charge is 2.52. The normalized spacial score (nSPS) is 26.5. The van der Waals surface area contributed by atoms with E-state index in [0.29, 0.717) is 23.0 Å². The van der Waals surface area contributed by atoms with E-state index >= 15 is 0 Å². The maximum Gasteiger partial charge on any atom is 0.259 e. The molecule has 2 aliphatic rings. The van der Waals surface area contributed by atoms with Gasteiger partial charge in [0.25, 0.3) is 5.91 Å². The number of amides is 2. The summed E-state index contributed by atoms with van der Waals surface area (Å²) in [7, 11) is 1.23. The summed E-state index contributed by atoms with van der Waals surface area (Å²) in [4.78, 5) is 28.5. The molecule has 3 aromatic rings. The number of hydrogen-bond donors (Lipinski definition) is 3. The molecule has 5 rings (SSSR count). The fourth-order valence-corrected chi connectivity index (χ4v) is 6.13. The van der Waals surface area contributed by atoms with Crippen molar-refractivity contribution in [2.24, 2.45) is 0 Å². The van der Waals surface area contributed by atoms with Gasteiger partial charge >= 0.3 is 0 Å². The fraction of sp³-hybridized carbons (Fsp3) is 0.393. The molecular formula is C28H26BrF3N6O7. The van der Waals surface area contributed by atoms with Crippen LogP contribution in [0.3, 0.4) is 0 Å². The van der Waals surface area contributed by atoms with Gasteiger partial charge in [-0.3, -0.25) is 9.59 Å². The molecule has 3 heterocycles. The number of rotatable bonds is 8. The summed E-state index contributed by atoms with van der Waals surface area (Å²) < 4.78 is 54.4. The van der Waals surface area contributed by atoms with Gasteiger partial charge in [0, 0.05) is 35.9 Å². The summed E-state index contributed by atoms with van der Waals surface area (Å²) in [6.45, 7) is -0.903. The van der Waals surface area contributed by atoms with E-state index in [1.54, 1.807) is 0 Å². The molecule has 45 heavy (non-hydrogen) atoms. The third-order valence-corrected chi connectivity index (χ3v) is 8.23. The quantitative estimate of drug-likeness (QED) is 0.227. The molecule has 0 spiro atoms. The van der Waals surface area contributed by atoms with Crippen molar-refractivity contribution in [3.63, 3.8) is 0 Å². The molecule has 2 amide bonds. The van der Waals surface area contributed by atoms with E-state index in [1.807, 2.05) is 6.07 Å². The van der Waals surface area contributed by atoms with E-state index in [-0.39, 0.29) is 35.6 Å². The molecule has 1 aromatic heterocycles. The third kappa shape index (κ3) is 6.17. The number of nitrogens with zero attached hydrogens (tertiary/aromatic N) is 6. The average molecular weight is 695 g/mol. The number of halogens is 4. The Morgan fingerprint density at radius 1 is 1.22 bits per heavy atom. The molecule has 7 atom stereocenters. The standard InChI is InChI=1S/C28H26BrF3N6O7/c1-44-26-24(37-8-19(34-35-37)14-4-17(30)23(32)18(31)5-14)25(42)22(11-39)45-27(26)28(43)38(20-9-36(12-40)10-21(20)41)16-3-13(7-33)2-15(29)6-16/h2-6,8,12,20-22,24-27,39,41-42H,9-11H2,1H3/t20-,21-,22-,24+,25+,26-,27-/m1/s1. The zero-order valence-electron chi connectivity index (χ0n) is 23.4. The van der Waals surface area contributed by atoms with Gasteiger partial charge in [0.05, 0.1) is 36.6 Å². The van der Waals surface area contributed by atoms with Crippen molar-refractivity contribution in [3.8, 4) is 17.3 Å². The molecule has 238 valence electrons. The van der Waals surface area contributed by atoms with Crippen LogP contribution in [0.2, 0.25) is 0 Å². The molecule has 0 unspecified atom stereocenters. The topological polar surface area (TPSA) is 174 Å². The summed E-state index contributed by atoms with van der Waals surface area (Å²) >= 11 is 3.32. The van der Waals surface area contributed by atoms with Gasteiger partial charge in [0.2, 0.25) is 6.41 Å². The second kappa shape index (κ2) is 13.2. The smallest absolute Gasteiger partial charge is 0.259 e. The predicted molar refractivity (Wildman–Crippen MR) is 151 cm³/mol. The molecule has 2 fully saturated rings. The summed E-state index contributed by atoms with van der Waals surface area (Å²) in [5.74, 6) is -5.39. The van der Waals surface area contributed by atoms with E-state index in [1.165, 1.54) is 41.3 Å². The Kier molecular flexibility index (Phi) is 9.53. The number of ether oxygens (including phenoxy) is 2. The van der Waals surface area contributed by atoms with Crippen molar-refractivity contribution in [3.05, 3.63) is 64.0 Å². The van der Waals surface area contributed by atoms with Gasteiger partial charge in [-0.1, -0.05) is 21.1 Å². The fourth-order valence-electron chi connectivity index (χ4n) is 5.65. The average Bonchev–Trinajstić information content (AvgIpc) is 3.66. The number of carbonyl (C=O) groups is 2. The maximum absolute atomic E-state index is 14.5. The maximum atomic E-state index is 14.5. The molecule has 13 nitrogen and oxygen atoms in total. The van der Waals surface area contributed by atoms with Crippen LogP contribution in [0.15, 0.2) is 41.0 Å². The van der Waals surface area contributed by atoms with Crippen LogP contribution in [-0.4, -0.2) is 111 Å². The van der Waals surface area contributed by atoms with Crippen LogP contribution in [0.4, 0.5) is 18.9 Å². The van der Waals surface area contributed by atoms with Gasteiger partial charge < -0.3 is 34.6 Å². The van der Waals surface area contributed by atoms with Crippen molar-refractivity contribution in [1.29, 1.82) is 5.26 Å². The molecule has 2 saturated heterocycles. The minimum absolute atomic E-state index is 0.0676. The number of likely N-dealkylation sites (tertiary alicyclic amines) is 1. The van der Waals surface area contributed by atoms with Crippen molar-refractivity contribution in [2.45, 2.75) is 42.6 Å². The minimum atomic E-state index is -1.67. The highest BCUT2D eigenvalue weighted by atomic mass is 79.9. The van der Waals surface area contributed by atoms with Gasteiger partial charge in [-0.2, -0.15) is 5.26 Å². The Bertz CT molecular complexity index is 1620. The third-order valence-electron chi connectivity index (χ3n) is 7.77. The Hall–Kier alpha value is -3.92. The van der Waals surface area contributed by atoms with Crippen LogP contribution in [0.25, 0.3) is 11.3 Å². The number of methoxy groups -OCH3 is 1. The first-order valence-electron chi connectivity index (χ1n) is 13.5. The summed E-state index contributed by atoms with van der Waals surface area (Å²) in [5.41, 5.74) is 0.0825. The molecule has 0 aliphatic carbocycles. The Morgan fingerprint density at radius 3 is 2.53 bits per heavy atom. The number of nitriles is 1. The number of anilines is 1. The highest BCUT2D eigenvalue weighted by Crippen LogP contribution is 2.36. The Morgan fingerprint density at radius 2 is 1.93 bits per heavy atom. The first-order chi connectivity index (χ1) is 21.5. The summed E-state index contributed by atoms with van der Waals surface area (Å²) in [5, 5.41) is 49.6. The summed E-state index contributed by atoms with van der Waals surface area (Å²) in [6, 6.07) is 5.60. The number of β-amino-alcohol motifs (C(OH)–C–C–N with tert-alkyl or cyclic N) is 1. The van der Waals surface area contributed by atoms with Crippen LogP contribution in [0.5, 0.6) is 0 Å². The zero-order chi connectivity index (χ0) is 32.6. The van der Waals surface area contributed by atoms with E-state index in [4.69, 9.17) is 9.47 Å². The van der Waals surface area contributed by atoms with Gasteiger partial charge in [-0.15, -0.1) is 5.10 Å². The lowest BCUT2D eigenvalue weighted by atomic mass is 9.91. The van der Waals surface area contributed by atoms with Gasteiger partial charge in [-0.25, -0.2) is 17.9 Å². The lowest BCUT2D eigenvalue weighted by Gasteiger charge is -2.45. The largest absolute Gasteiger partial charge is 0.394 e. The molecule has 0 radical (unpaired) electrons. The number of benzene rings is 2. The Balaban J connectivity index is 1.57. The number of carbonyl (C=O) groups excluding carboxylic acids is 2. The first kappa shape index (κ1) is 32.5. The lowest BCUT2D eigenvalue weighted by Crippen LogP contribution is -2.63. The van der Waals surface area contributed by atoms with Crippen molar-refractivity contribution < 1.29 is 47.6 Å². The molecule has 17 heteroatoms. The monoisotopic (exact) mass is 694 g/mol. The molecular weight excluding hydrogens is 669 g/mol. The van der Waals surface area contributed by atoms with Crippen molar-refractivity contribution in [2.75, 3.05) is 31.7 Å². The zero-order valence-corrected chi connectivity index (χ0v) is 25.0. The van der Waals surface area contributed by atoms with Crippen LogP contribution in [0, 0.1) is 28.8 Å². The second-order valence-corrected chi connectivity index (χ2v) is 11.4. The van der Waals surface area contributed by atoms with Crippen molar-refractivity contribution in [1.82, 2.24) is 19.9 Å². The van der Waals surface area contributed by atoms with Gasteiger partial charge in [0.1, 0.15) is 30.0 Å². The molecule has 2 aromatic carbocycles. The lowest BCUT2D eigenvalue weighted by molar-refractivity contribution is -0.211. The van der Waals surface area contributed by atoms with E-state index in [2.05, 4.69) is 26.2 Å². The Labute approximate surface area is 262 Å². The molecule has 2 aliphatic heterocycles. The number of aromatic nitrogens is 3. The van der Waals surface area contributed by atoms with Crippen molar-refractivity contribution >= 4 is 33.9 Å². The highest BCUT2D eigenvalue weighted by molar-refractivity contribution is 9.10. The number of aliphatic hydroxyl groups is 3. The van der Waals surface area contributed by atoms with Crippen LogP contribution >= 0.6 is 15.9 Å². The molecule has 0 saturated carbocycles. The van der Waals surface area contributed by atoms with Crippen LogP contribution in [0.1, 0.15) is 11.6 Å². The molecule has 3 N–H and O–H groups in total. The van der Waals surface area contributed by atoms with Gasteiger partial charge in [-0.05, 0) is 30.3 Å².